The Balaban J connectivity index is 2.13. The lowest BCUT2D eigenvalue weighted by atomic mass is 10.2. The molecule has 1 N–H and O–H groups in total. The molecule has 0 saturated heterocycles. The molecular formula is C16H15BrN2O4. The van der Waals surface area contributed by atoms with E-state index in [1.165, 1.54) is 18.2 Å². The van der Waals surface area contributed by atoms with Gasteiger partial charge in [0.2, 0.25) is 0 Å². The molecule has 0 aliphatic rings. The summed E-state index contributed by atoms with van der Waals surface area (Å²) in [5, 5.41) is 13.4. The summed E-state index contributed by atoms with van der Waals surface area (Å²) in [5.41, 5.74) is 0.714. The van der Waals surface area contributed by atoms with Gasteiger partial charge in [-0.25, -0.2) is 0 Å². The molecule has 120 valence electrons. The predicted molar refractivity (Wildman–Crippen MR) is 91.0 cm³/mol. The molecule has 2 rings (SSSR count). The Morgan fingerprint density at radius 1 is 1.30 bits per heavy atom. The van der Waals surface area contributed by atoms with Crippen LogP contribution in [0.2, 0.25) is 0 Å². The average molecular weight is 379 g/mol. The lowest BCUT2D eigenvalue weighted by Crippen LogP contribution is -2.12. The van der Waals surface area contributed by atoms with Crippen LogP contribution >= 0.6 is 15.9 Å². The van der Waals surface area contributed by atoms with Gasteiger partial charge < -0.3 is 10.1 Å². The van der Waals surface area contributed by atoms with Crippen LogP contribution in [-0.2, 0) is 0 Å². The normalized spacial score (nSPS) is 10.2. The molecule has 0 aromatic heterocycles. The minimum absolute atomic E-state index is 0.0766. The lowest BCUT2D eigenvalue weighted by Gasteiger charge is -2.09. The molecular weight excluding hydrogens is 364 g/mol. The number of anilines is 1. The Kier molecular flexibility index (Phi) is 5.70. The van der Waals surface area contributed by atoms with Gasteiger partial charge in [-0.1, -0.05) is 13.0 Å². The van der Waals surface area contributed by atoms with Gasteiger partial charge in [-0.05, 0) is 46.6 Å². The number of carbonyl (C=O) groups excluding carboxylic acids is 1. The molecule has 0 heterocycles. The molecule has 0 unspecified atom stereocenters. The van der Waals surface area contributed by atoms with Crippen molar-refractivity contribution >= 4 is 33.2 Å². The molecule has 1 amide bonds. The van der Waals surface area contributed by atoms with Gasteiger partial charge in [0.1, 0.15) is 5.75 Å². The smallest absolute Gasteiger partial charge is 0.271 e. The van der Waals surface area contributed by atoms with Crippen molar-refractivity contribution in [3.8, 4) is 5.75 Å². The highest BCUT2D eigenvalue weighted by molar-refractivity contribution is 9.10. The molecule has 0 saturated carbocycles. The van der Waals surface area contributed by atoms with Crippen molar-refractivity contribution in [3.05, 3.63) is 62.6 Å². The van der Waals surface area contributed by atoms with Crippen molar-refractivity contribution in [3.63, 3.8) is 0 Å². The first-order chi connectivity index (χ1) is 11.0. The minimum atomic E-state index is -0.508. The van der Waals surface area contributed by atoms with Crippen molar-refractivity contribution in [1.82, 2.24) is 0 Å². The number of amides is 1. The average Bonchev–Trinajstić information content (AvgIpc) is 2.53. The van der Waals surface area contributed by atoms with E-state index in [-0.39, 0.29) is 11.6 Å². The van der Waals surface area contributed by atoms with Crippen molar-refractivity contribution in [2.75, 3.05) is 11.9 Å². The zero-order valence-electron chi connectivity index (χ0n) is 12.4. The van der Waals surface area contributed by atoms with Crippen molar-refractivity contribution in [2.45, 2.75) is 13.3 Å². The number of benzene rings is 2. The van der Waals surface area contributed by atoms with E-state index in [0.29, 0.717) is 28.1 Å². The largest absolute Gasteiger partial charge is 0.492 e. The van der Waals surface area contributed by atoms with Crippen molar-refractivity contribution < 1.29 is 14.5 Å². The monoisotopic (exact) mass is 378 g/mol. The third kappa shape index (κ3) is 4.53. The fourth-order valence-corrected chi connectivity index (χ4v) is 2.36. The molecule has 0 spiro atoms. The van der Waals surface area contributed by atoms with Gasteiger partial charge in [0.05, 0.1) is 16.0 Å². The summed E-state index contributed by atoms with van der Waals surface area (Å²) in [4.78, 5) is 22.5. The Morgan fingerprint density at radius 2 is 2.09 bits per heavy atom. The van der Waals surface area contributed by atoms with Crippen LogP contribution in [0.15, 0.2) is 46.9 Å². The van der Waals surface area contributed by atoms with Crippen LogP contribution in [-0.4, -0.2) is 17.4 Å². The van der Waals surface area contributed by atoms with E-state index in [9.17, 15) is 14.9 Å². The van der Waals surface area contributed by atoms with E-state index in [4.69, 9.17) is 4.74 Å². The molecule has 0 radical (unpaired) electrons. The number of hydrogen-bond acceptors (Lipinski definition) is 4. The maximum absolute atomic E-state index is 12.2. The maximum atomic E-state index is 12.2. The van der Waals surface area contributed by atoms with Gasteiger partial charge in [0.25, 0.3) is 11.6 Å². The number of non-ortho nitro benzene ring substituents is 1. The predicted octanol–water partition coefficient (Wildman–Crippen LogP) is 4.40. The number of nitrogens with one attached hydrogen (secondary N) is 1. The SMILES string of the molecule is CCCOc1ccc(C(=O)Nc2cccc([N+](=O)[O-])c2)cc1Br. The number of carbonyl (C=O) groups is 1. The molecule has 7 heteroatoms. The van der Waals surface area contributed by atoms with E-state index in [0.717, 1.165) is 6.42 Å². The van der Waals surface area contributed by atoms with E-state index < -0.39 is 4.92 Å². The van der Waals surface area contributed by atoms with Crippen LogP contribution < -0.4 is 10.1 Å². The summed E-state index contributed by atoms with van der Waals surface area (Å²) in [5.74, 6) is 0.312. The molecule has 2 aromatic carbocycles. The van der Waals surface area contributed by atoms with Gasteiger partial charge in [-0.15, -0.1) is 0 Å². The van der Waals surface area contributed by atoms with Crippen molar-refractivity contribution in [1.29, 1.82) is 0 Å². The Labute approximate surface area is 141 Å². The molecule has 0 bridgehead atoms. The first-order valence-electron chi connectivity index (χ1n) is 6.99. The Morgan fingerprint density at radius 3 is 2.74 bits per heavy atom. The summed E-state index contributed by atoms with van der Waals surface area (Å²) in [6.45, 7) is 2.60. The first-order valence-corrected chi connectivity index (χ1v) is 7.78. The number of nitro groups is 1. The topological polar surface area (TPSA) is 81.5 Å². The number of hydrogen-bond donors (Lipinski definition) is 1. The van der Waals surface area contributed by atoms with Crippen LogP contribution in [0, 0.1) is 10.1 Å². The quantitative estimate of drug-likeness (QED) is 0.596. The summed E-state index contributed by atoms with van der Waals surface area (Å²) < 4.78 is 6.21. The summed E-state index contributed by atoms with van der Waals surface area (Å²) in [6.07, 6.45) is 0.890. The van der Waals surface area contributed by atoms with Gasteiger partial charge in [-0.3, -0.25) is 14.9 Å². The number of nitrogens with zero attached hydrogens (tertiary/aromatic N) is 1. The Bertz CT molecular complexity index is 734. The van der Waals surface area contributed by atoms with Gasteiger partial charge in [-0.2, -0.15) is 0 Å². The molecule has 23 heavy (non-hydrogen) atoms. The van der Waals surface area contributed by atoms with Crippen LogP contribution in [0.25, 0.3) is 0 Å². The third-order valence-electron chi connectivity index (χ3n) is 2.97. The number of nitro benzene ring substituents is 1. The van der Waals surface area contributed by atoms with Crippen LogP contribution in [0.4, 0.5) is 11.4 Å². The maximum Gasteiger partial charge on any atom is 0.271 e. The van der Waals surface area contributed by atoms with Gasteiger partial charge in [0.15, 0.2) is 0 Å². The lowest BCUT2D eigenvalue weighted by molar-refractivity contribution is -0.384. The molecule has 2 aromatic rings. The fraction of sp³-hybridized carbons (Fsp3) is 0.188. The van der Waals surface area contributed by atoms with Crippen LogP contribution in [0.5, 0.6) is 5.75 Å². The molecule has 0 atom stereocenters. The number of halogens is 1. The number of rotatable bonds is 6. The van der Waals surface area contributed by atoms with E-state index in [1.807, 2.05) is 6.92 Å². The number of ether oxygens (including phenoxy) is 1. The minimum Gasteiger partial charge on any atom is -0.492 e. The first kappa shape index (κ1) is 17.0. The second-order valence-corrected chi connectivity index (χ2v) is 5.61. The summed E-state index contributed by atoms with van der Waals surface area (Å²) in [7, 11) is 0. The highest BCUT2D eigenvalue weighted by atomic mass is 79.9. The van der Waals surface area contributed by atoms with Gasteiger partial charge >= 0.3 is 0 Å². The molecule has 0 aliphatic heterocycles. The van der Waals surface area contributed by atoms with E-state index >= 15 is 0 Å². The summed E-state index contributed by atoms with van der Waals surface area (Å²) >= 11 is 3.37. The third-order valence-corrected chi connectivity index (χ3v) is 3.59. The van der Waals surface area contributed by atoms with E-state index in [1.54, 1.807) is 24.3 Å². The molecule has 0 aliphatic carbocycles. The fourth-order valence-electron chi connectivity index (χ4n) is 1.87. The van der Waals surface area contributed by atoms with Crippen LogP contribution in [0.1, 0.15) is 23.7 Å². The second kappa shape index (κ2) is 7.73. The zero-order valence-corrected chi connectivity index (χ0v) is 14.0. The van der Waals surface area contributed by atoms with E-state index in [2.05, 4.69) is 21.2 Å². The zero-order chi connectivity index (χ0) is 16.8. The van der Waals surface area contributed by atoms with Crippen molar-refractivity contribution in [2.24, 2.45) is 0 Å². The highest BCUT2D eigenvalue weighted by Gasteiger charge is 2.11. The van der Waals surface area contributed by atoms with Crippen LogP contribution in [0.3, 0.4) is 0 Å². The Hall–Kier alpha value is -2.41. The summed E-state index contributed by atoms with van der Waals surface area (Å²) in [6, 6.07) is 10.8. The highest BCUT2D eigenvalue weighted by Crippen LogP contribution is 2.27. The molecule has 0 fully saturated rings. The van der Waals surface area contributed by atoms with Gasteiger partial charge in [0, 0.05) is 23.4 Å². The second-order valence-electron chi connectivity index (χ2n) is 4.76. The standard InChI is InChI=1S/C16H15BrN2O4/c1-2-8-23-15-7-6-11(9-14(15)17)16(20)18-12-4-3-5-13(10-12)19(21)22/h3-7,9-10H,2,8H2,1H3,(H,18,20). The molecule has 6 nitrogen and oxygen atoms in total.